The Labute approximate surface area is 160 Å². The molecule has 2 aliphatic rings. The molecule has 4 rings (SSSR count). The van der Waals surface area contributed by atoms with Crippen molar-refractivity contribution < 1.29 is 9.47 Å². The zero-order chi connectivity index (χ0) is 18.5. The van der Waals surface area contributed by atoms with E-state index in [1.165, 1.54) is 25.7 Å². The van der Waals surface area contributed by atoms with Crippen molar-refractivity contribution in [2.45, 2.75) is 51.2 Å². The molecule has 0 bridgehead atoms. The molecule has 2 heterocycles. The summed E-state index contributed by atoms with van der Waals surface area (Å²) >= 11 is 0. The third kappa shape index (κ3) is 4.43. The van der Waals surface area contributed by atoms with Crippen LogP contribution in [0.1, 0.15) is 44.1 Å². The van der Waals surface area contributed by atoms with Crippen molar-refractivity contribution >= 4 is 11.6 Å². The summed E-state index contributed by atoms with van der Waals surface area (Å²) in [5.74, 6) is 3.49. The lowest BCUT2D eigenvalue weighted by Crippen LogP contribution is -2.19. The van der Waals surface area contributed by atoms with Gasteiger partial charge in [-0.25, -0.2) is 9.97 Å². The Morgan fingerprint density at radius 1 is 1.04 bits per heavy atom. The van der Waals surface area contributed by atoms with Crippen molar-refractivity contribution in [2.75, 3.05) is 30.4 Å². The van der Waals surface area contributed by atoms with E-state index >= 15 is 0 Å². The summed E-state index contributed by atoms with van der Waals surface area (Å²) in [7, 11) is 1.69. The molecule has 1 aromatic heterocycles. The van der Waals surface area contributed by atoms with Gasteiger partial charge in [-0.05, 0) is 56.2 Å². The molecule has 6 heteroatoms. The SMILES string of the molecule is COc1ccc(CNc2cc(N3CCCC3)ncn2)cc1OC1CCCC1. The molecule has 1 aliphatic heterocycles. The maximum atomic E-state index is 6.19. The topological polar surface area (TPSA) is 59.5 Å². The summed E-state index contributed by atoms with van der Waals surface area (Å²) in [6, 6.07) is 8.16. The second-order valence-electron chi connectivity index (χ2n) is 7.32. The third-order valence-electron chi connectivity index (χ3n) is 5.38. The van der Waals surface area contributed by atoms with E-state index in [1.807, 2.05) is 12.1 Å². The molecule has 2 aromatic rings. The molecule has 6 nitrogen and oxygen atoms in total. The van der Waals surface area contributed by atoms with Gasteiger partial charge >= 0.3 is 0 Å². The van der Waals surface area contributed by atoms with Crippen LogP contribution in [0.3, 0.4) is 0 Å². The predicted molar refractivity (Wildman–Crippen MR) is 107 cm³/mol. The van der Waals surface area contributed by atoms with E-state index in [2.05, 4.69) is 32.3 Å². The summed E-state index contributed by atoms with van der Waals surface area (Å²) in [6.45, 7) is 2.84. The molecule has 0 radical (unpaired) electrons. The number of methoxy groups -OCH3 is 1. The fraction of sp³-hybridized carbons (Fsp3) is 0.524. The Bertz CT molecular complexity index is 756. The Balaban J connectivity index is 1.42. The second-order valence-corrected chi connectivity index (χ2v) is 7.32. The van der Waals surface area contributed by atoms with E-state index in [4.69, 9.17) is 9.47 Å². The summed E-state index contributed by atoms with van der Waals surface area (Å²) in [5.41, 5.74) is 1.14. The van der Waals surface area contributed by atoms with E-state index < -0.39 is 0 Å². The quantitative estimate of drug-likeness (QED) is 0.797. The molecule has 1 aliphatic carbocycles. The van der Waals surface area contributed by atoms with E-state index in [0.717, 1.165) is 54.6 Å². The molecule has 144 valence electrons. The van der Waals surface area contributed by atoms with Crippen LogP contribution in [0.15, 0.2) is 30.6 Å². The predicted octanol–water partition coefficient (Wildman–Crippen LogP) is 4.02. The van der Waals surface area contributed by atoms with Crippen molar-refractivity contribution in [1.29, 1.82) is 0 Å². The molecular formula is C21H28N4O2. The molecule has 0 atom stereocenters. The van der Waals surface area contributed by atoms with Gasteiger partial charge in [0.25, 0.3) is 0 Å². The van der Waals surface area contributed by atoms with Gasteiger partial charge in [-0.1, -0.05) is 6.07 Å². The van der Waals surface area contributed by atoms with E-state index in [0.29, 0.717) is 12.6 Å². The largest absolute Gasteiger partial charge is 0.493 e. The first-order valence-corrected chi connectivity index (χ1v) is 9.96. The Morgan fingerprint density at radius 2 is 1.85 bits per heavy atom. The van der Waals surface area contributed by atoms with Gasteiger partial charge in [0.2, 0.25) is 0 Å². The van der Waals surface area contributed by atoms with Crippen LogP contribution in [-0.4, -0.2) is 36.3 Å². The highest BCUT2D eigenvalue weighted by atomic mass is 16.5. The number of hydrogen-bond acceptors (Lipinski definition) is 6. The minimum Gasteiger partial charge on any atom is -0.493 e. The fourth-order valence-corrected chi connectivity index (χ4v) is 3.86. The lowest BCUT2D eigenvalue weighted by molar-refractivity contribution is 0.200. The van der Waals surface area contributed by atoms with Crippen LogP contribution in [-0.2, 0) is 6.54 Å². The van der Waals surface area contributed by atoms with Crippen molar-refractivity contribution in [3.05, 3.63) is 36.2 Å². The third-order valence-corrected chi connectivity index (χ3v) is 5.38. The maximum Gasteiger partial charge on any atom is 0.161 e. The van der Waals surface area contributed by atoms with E-state index in [9.17, 15) is 0 Å². The lowest BCUT2D eigenvalue weighted by atomic mass is 10.2. The average molecular weight is 368 g/mol. The molecule has 1 saturated heterocycles. The molecule has 1 saturated carbocycles. The van der Waals surface area contributed by atoms with Gasteiger partial charge in [0.05, 0.1) is 13.2 Å². The number of ether oxygens (including phenoxy) is 2. The number of nitrogens with one attached hydrogen (secondary N) is 1. The zero-order valence-electron chi connectivity index (χ0n) is 16.0. The Kier molecular flexibility index (Phi) is 5.61. The van der Waals surface area contributed by atoms with Crippen LogP contribution in [0, 0.1) is 0 Å². The minimum absolute atomic E-state index is 0.312. The van der Waals surface area contributed by atoms with E-state index in [-0.39, 0.29) is 0 Å². The van der Waals surface area contributed by atoms with Crippen LogP contribution in [0.4, 0.5) is 11.6 Å². The van der Waals surface area contributed by atoms with Crippen molar-refractivity contribution in [1.82, 2.24) is 9.97 Å². The van der Waals surface area contributed by atoms with Crippen LogP contribution in [0.5, 0.6) is 11.5 Å². The Morgan fingerprint density at radius 3 is 2.63 bits per heavy atom. The normalized spacial score (nSPS) is 17.3. The van der Waals surface area contributed by atoms with Gasteiger partial charge in [-0.3, -0.25) is 0 Å². The van der Waals surface area contributed by atoms with Gasteiger partial charge < -0.3 is 19.7 Å². The summed E-state index contributed by atoms with van der Waals surface area (Å²) in [6.07, 6.45) is 9.19. The summed E-state index contributed by atoms with van der Waals surface area (Å²) in [5, 5.41) is 3.41. The number of aromatic nitrogens is 2. The van der Waals surface area contributed by atoms with Crippen LogP contribution in [0.2, 0.25) is 0 Å². The molecule has 0 spiro atoms. The van der Waals surface area contributed by atoms with Gasteiger partial charge in [0.15, 0.2) is 11.5 Å². The highest BCUT2D eigenvalue weighted by Gasteiger charge is 2.19. The first-order chi connectivity index (χ1) is 13.3. The van der Waals surface area contributed by atoms with Crippen LogP contribution in [0.25, 0.3) is 0 Å². The maximum absolute atomic E-state index is 6.19. The highest BCUT2D eigenvalue weighted by Crippen LogP contribution is 2.32. The summed E-state index contributed by atoms with van der Waals surface area (Å²) in [4.78, 5) is 11.1. The van der Waals surface area contributed by atoms with Gasteiger partial charge in [-0.15, -0.1) is 0 Å². The van der Waals surface area contributed by atoms with Crippen LogP contribution < -0.4 is 19.7 Å². The zero-order valence-corrected chi connectivity index (χ0v) is 16.0. The van der Waals surface area contributed by atoms with Gasteiger partial charge in [-0.2, -0.15) is 0 Å². The number of hydrogen-bond donors (Lipinski definition) is 1. The standard InChI is InChI=1S/C21H28N4O2/c1-26-18-9-8-16(12-19(18)27-17-6-2-3-7-17)14-22-20-13-21(24-15-23-20)25-10-4-5-11-25/h8-9,12-13,15,17H,2-7,10-11,14H2,1H3,(H,22,23,24). The molecular weight excluding hydrogens is 340 g/mol. The highest BCUT2D eigenvalue weighted by molar-refractivity contribution is 5.50. The number of nitrogens with zero attached hydrogens (tertiary/aromatic N) is 3. The van der Waals surface area contributed by atoms with E-state index in [1.54, 1.807) is 13.4 Å². The molecule has 27 heavy (non-hydrogen) atoms. The minimum atomic E-state index is 0.312. The van der Waals surface area contributed by atoms with Crippen molar-refractivity contribution in [3.8, 4) is 11.5 Å². The lowest BCUT2D eigenvalue weighted by Gasteiger charge is -2.18. The molecule has 1 aromatic carbocycles. The molecule has 0 amide bonds. The number of benzene rings is 1. The summed E-state index contributed by atoms with van der Waals surface area (Å²) < 4.78 is 11.7. The molecule has 0 unspecified atom stereocenters. The fourth-order valence-electron chi connectivity index (χ4n) is 3.86. The first-order valence-electron chi connectivity index (χ1n) is 9.96. The molecule has 1 N–H and O–H groups in total. The van der Waals surface area contributed by atoms with Gasteiger partial charge in [0, 0.05) is 25.7 Å². The van der Waals surface area contributed by atoms with Crippen molar-refractivity contribution in [3.63, 3.8) is 0 Å². The monoisotopic (exact) mass is 368 g/mol. The van der Waals surface area contributed by atoms with Crippen molar-refractivity contribution in [2.24, 2.45) is 0 Å². The first kappa shape index (κ1) is 17.9. The molecule has 2 fully saturated rings. The average Bonchev–Trinajstić information content (AvgIpc) is 3.41. The Hall–Kier alpha value is -2.50. The van der Waals surface area contributed by atoms with Crippen LogP contribution >= 0.6 is 0 Å². The van der Waals surface area contributed by atoms with Gasteiger partial charge in [0.1, 0.15) is 18.0 Å². The number of anilines is 2. The smallest absolute Gasteiger partial charge is 0.161 e. The second kappa shape index (κ2) is 8.46. The number of rotatable bonds is 7.